The van der Waals surface area contributed by atoms with Gasteiger partial charge in [0.1, 0.15) is 17.9 Å². The SMILES string of the molecule is COc1cc(C(C#N)C(=O)c2ccoc2)ccc1C. The summed E-state index contributed by atoms with van der Waals surface area (Å²) < 4.78 is 10.1. The van der Waals surface area contributed by atoms with E-state index >= 15 is 0 Å². The number of ketones is 1. The maximum atomic E-state index is 12.2. The molecule has 0 bridgehead atoms. The standard InChI is InChI=1S/C15H13NO3/c1-10-3-4-11(7-14(10)18-2)13(8-16)15(17)12-5-6-19-9-12/h3-7,9,13H,1-2H3. The minimum Gasteiger partial charge on any atom is -0.496 e. The predicted molar refractivity (Wildman–Crippen MR) is 69.1 cm³/mol. The molecule has 0 radical (unpaired) electrons. The molecule has 1 unspecified atom stereocenters. The quantitative estimate of drug-likeness (QED) is 0.787. The molecule has 1 aromatic carbocycles. The van der Waals surface area contributed by atoms with Crippen LogP contribution in [0.4, 0.5) is 0 Å². The van der Waals surface area contributed by atoms with Crippen LogP contribution in [0.1, 0.15) is 27.4 Å². The Balaban J connectivity index is 2.38. The Morgan fingerprint density at radius 3 is 2.79 bits per heavy atom. The molecule has 0 aliphatic rings. The van der Waals surface area contributed by atoms with Crippen molar-refractivity contribution in [1.29, 1.82) is 5.26 Å². The molecular weight excluding hydrogens is 242 g/mol. The Morgan fingerprint density at radius 2 is 2.21 bits per heavy atom. The maximum absolute atomic E-state index is 12.2. The van der Waals surface area contributed by atoms with Crippen molar-refractivity contribution >= 4 is 5.78 Å². The van der Waals surface area contributed by atoms with Crippen molar-refractivity contribution in [3.8, 4) is 11.8 Å². The van der Waals surface area contributed by atoms with Crippen molar-refractivity contribution in [3.63, 3.8) is 0 Å². The van der Waals surface area contributed by atoms with Crippen molar-refractivity contribution in [3.05, 3.63) is 53.5 Å². The van der Waals surface area contributed by atoms with Crippen LogP contribution < -0.4 is 4.74 Å². The number of Topliss-reactive ketones (excluding diaryl/α,β-unsaturated/α-hetero) is 1. The molecule has 4 nitrogen and oxygen atoms in total. The number of carbonyl (C=O) groups excluding carboxylic acids is 1. The Bertz CT molecular complexity index is 623. The first kappa shape index (κ1) is 12.9. The Kier molecular flexibility index (Phi) is 3.67. The molecule has 2 aromatic rings. The molecule has 0 aliphatic heterocycles. The van der Waals surface area contributed by atoms with Gasteiger partial charge in [0.15, 0.2) is 5.78 Å². The Labute approximate surface area is 111 Å². The summed E-state index contributed by atoms with van der Waals surface area (Å²) in [4.78, 5) is 12.2. The summed E-state index contributed by atoms with van der Waals surface area (Å²) in [6, 6.07) is 8.91. The van der Waals surface area contributed by atoms with Gasteiger partial charge in [-0.15, -0.1) is 0 Å². The van der Waals surface area contributed by atoms with Crippen LogP contribution in [-0.2, 0) is 0 Å². The molecule has 19 heavy (non-hydrogen) atoms. The number of hydrogen-bond acceptors (Lipinski definition) is 4. The molecule has 96 valence electrons. The number of furan rings is 1. The smallest absolute Gasteiger partial charge is 0.187 e. The third kappa shape index (κ3) is 2.50. The van der Waals surface area contributed by atoms with Crippen molar-refractivity contribution < 1.29 is 13.9 Å². The minimum atomic E-state index is -0.855. The van der Waals surface area contributed by atoms with E-state index < -0.39 is 5.92 Å². The third-order valence-electron chi connectivity index (χ3n) is 2.96. The van der Waals surface area contributed by atoms with Gasteiger partial charge in [-0.3, -0.25) is 4.79 Å². The monoisotopic (exact) mass is 255 g/mol. The van der Waals surface area contributed by atoms with Crippen LogP contribution in [-0.4, -0.2) is 12.9 Å². The van der Waals surface area contributed by atoms with Crippen molar-refractivity contribution in [2.24, 2.45) is 0 Å². The van der Waals surface area contributed by atoms with Gasteiger partial charge in [0.05, 0.1) is 25.0 Å². The average molecular weight is 255 g/mol. The number of hydrogen-bond donors (Lipinski definition) is 0. The molecule has 4 heteroatoms. The van der Waals surface area contributed by atoms with Crippen molar-refractivity contribution in [2.45, 2.75) is 12.8 Å². The molecule has 0 amide bonds. The summed E-state index contributed by atoms with van der Waals surface area (Å²) in [5.41, 5.74) is 1.97. The van der Waals surface area contributed by atoms with E-state index in [1.54, 1.807) is 25.3 Å². The second-order valence-corrected chi connectivity index (χ2v) is 4.17. The van der Waals surface area contributed by atoms with E-state index in [0.29, 0.717) is 16.9 Å². The van der Waals surface area contributed by atoms with Gasteiger partial charge in [-0.05, 0) is 30.2 Å². The predicted octanol–water partition coefficient (Wildman–Crippen LogP) is 3.09. The van der Waals surface area contributed by atoms with E-state index in [1.807, 2.05) is 19.1 Å². The fraction of sp³-hybridized carbons (Fsp3) is 0.200. The summed E-state index contributed by atoms with van der Waals surface area (Å²) in [7, 11) is 1.56. The zero-order chi connectivity index (χ0) is 13.8. The largest absolute Gasteiger partial charge is 0.496 e. The lowest BCUT2D eigenvalue weighted by Crippen LogP contribution is -2.10. The highest BCUT2D eigenvalue weighted by atomic mass is 16.5. The van der Waals surface area contributed by atoms with Crippen LogP contribution in [0.25, 0.3) is 0 Å². The summed E-state index contributed by atoms with van der Waals surface area (Å²) in [6.45, 7) is 1.90. The van der Waals surface area contributed by atoms with Gasteiger partial charge in [0.2, 0.25) is 0 Å². The minimum absolute atomic E-state index is 0.276. The molecule has 2 rings (SSSR count). The molecule has 1 aromatic heterocycles. The van der Waals surface area contributed by atoms with Gasteiger partial charge in [-0.2, -0.15) is 5.26 Å². The first-order valence-corrected chi connectivity index (χ1v) is 5.78. The van der Waals surface area contributed by atoms with E-state index in [4.69, 9.17) is 9.15 Å². The molecule has 0 fully saturated rings. The Hall–Kier alpha value is -2.54. The highest BCUT2D eigenvalue weighted by Gasteiger charge is 2.23. The van der Waals surface area contributed by atoms with Crippen LogP contribution >= 0.6 is 0 Å². The number of nitrogens with zero attached hydrogens (tertiary/aromatic N) is 1. The van der Waals surface area contributed by atoms with Gasteiger partial charge < -0.3 is 9.15 Å². The number of carbonyl (C=O) groups is 1. The molecule has 1 atom stereocenters. The number of ether oxygens (including phenoxy) is 1. The highest BCUT2D eigenvalue weighted by molar-refractivity contribution is 6.02. The number of benzene rings is 1. The van der Waals surface area contributed by atoms with Crippen LogP contribution in [0.5, 0.6) is 5.75 Å². The lowest BCUT2D eigenvalue weighted by Gasteiger charge is -2.10. The first-order valence-electron chi connectivity index (χ1n) is 5.78. The number of methoxy groups -OCH3 is 1. The average Bonchev–Trinajstić information content (AvgIpc) is 2.95. The lowest BCUT2D eigenvalue weighted by atomic mass is 9.92. The van der Waals surface area contributed by atoms with Gasteiger partial charge >= 0.3 is 0 Å². The van der Waals surface area contributed by atoms with E-state index in [1.165, 1.54) is 12.5 Å². The van der Waals surface area contributed by atoms with E-state index in [0.717, 1.165) is 5.56 Å². The number of aryl methyl sites for hydroxylation is 1. The van der Waals surface area contributed by atoms with Crippen molar-refractivity contribution in [1.82, 2.24) is 0 Å². The van der Waals surface area contributed by atoms with Gasteiger partial charge in [-0.1, -0.05) is 12.1 Å². The van der Waals surface area contributed by atoms with Crippen LogP contribution in [0.2, 0.25) is 0 Å². The molecule has 1 heterocycles. The summed E-state index contributed by atoms with van der Waals surface area (Å²) in [6.07, 6.45) is 2.76. The van der Waals surface area contributed by atoms with Crippen molar-refractivity contribution in [2.75, 3.05) is 7.11 Å². The summed E-state index contributed by atoms with van der Waals surface area (Å²) >= 11 is 0. The van der Waals surface area contributed by atoms with Crippen LogP contribution in [0, 0.1) is 18.3 Å². The van der Waals surface area contributed by atoms with Crippen LogP contribution in [0.15, 0.2) is 41.2 Å². The second-order valence-electron chi connectivity index (χ2n) is 4.17. The normalized spacial score (nSPS) is 11.6. The zero-order valence-electron chi connectivity index (χ0n) is 10.7. The Morgan fingerprint density at radius 1 is 1.42 bits per heavy atom. The van der Waals surface area contributed by atoms with E-state index in [9.17, 15) is 10.1 Å². The first-order chi connectivity index (χ1) is 9.17. The fourth-order valence-electron chi connectivity index (χ4n) is 1.87. The van der Waals surface area contributed by atoms with Gasteiger partial charge in [0, 0.05) is 0 Å². The number of rotatable bonds is 4. The highest BCUT2D eigenvalue weighted by Crippen LogP contribution is 2.26. The van der Waals surface area contributed by atoms with Crippen LogP contribution in [0.3, 0.4) is 0 Å². The molecular formula is C15H13NO3. The third-order valence-corrected chi connectivity index (χ3v) is 2.96. The van der Waals surface area contributed by atoms with E-state index in [-0.39, 0.29) is 5.78 Å². The molecule has 0 spiro atoms. The second kappa shape index (κ2) is 5.40. The fourth-order valence-corrected chi connectivity index (χ4v) is 1.87. The number of nitriles is 1. The lowest BCUT2D eigenvalue weighted by molar-refractivity contribution is 0.0978. The van der Waals surface area contributed by atoms with Gasteiger partial charge in [-0.25, -0.2) is 0 Å². The summed E-state index contributed by atoms with van der Waals surface area (Å²) in [5.74, 6) is -0.466. The maximum Gasteiger partial charge on any atom is 0.187 e. The molecule has 0 saturated heterocycles. The van der Waals surface area contributed by atoms with Gasteiger partial charge in [0.25, 0.3) is 0 Å². The molecule has 0 N–H and O–H groups in total. The molecule has 0 aliphatic carbocycles. The topological polar surface area (TPSA) is 63.2 Å². The summed E-state index contributed by atoms with van der Waals surface area (Å²) in [5, 5.41) is 9.24. The molecule has 0 saturated carbocycles. The zero-order valence-corrected chi connectivity index (χ0v) is 10.7. The van der Waals surface area contributed by atoms with E-state index in [2.05, 4.69) is 0 Å².